The number of guanidine groups is 1. The maximum absolute atomic E-state index is 12.5. The van der Waals surface area contributed by atoms with Crippen molar-refractivity contribution >= 4 is 11.9 Å². The number of aromatic nitrogens is 3. The van der Waals surface area contributed by atoms with Crippen molar-refractivity contribution in [2.45, 2.75) is 6.18 Å². The zero-order valence-electron chi connectivity index (χ0n) is 15.9. The van der Waals surface area contributed by atoms with Crippen LogP contribution in [-0.2, 0) is 6.18 Å². The highest BCUT2D eigenvalue weighted by atomic mass is 19.4. The molecule has 3 rings (SSSR count). The third-order valence-corrected chi connectivity index (χ3v) is 4.32. The van der Waals surface area contributed by atoms with E-state index in [4.69, 9.17) is 4.74 Å². The molecule has 156 valence electrons. The summed E-state index contributed by atoms with van der Waals surface area (Å²) in [5.74, 6) is 1.60. The third kappa shape index (κ3) is 5.69. The van der Waals surface area contributed by atoms with Crippen LogP contribution in [0.2, 0.25) is 0 Å². The van der Waals surface area contributed by atoms with Gasteiger partial charge in [-0.05, 0) is 12.1 Å². The van der Waals surface area contributed by atoms with E-state index in [1.165, 1.54) is 6.07 Å². The molecular weight excluding hydrogens is 387 g/mol. The number of nitrogens with one attached hydrogen (secondary N) is 1. The molecule has 8 nitrogen and oxygen atoms in total. The van der Waals surface area contributed by atoms with Gasteiger partial charge in [0.25, 0.3) is 0 Å². The molecule has 0 aromatic carbocycles. The molecule has 1 aliphatic rings. The number of pyridine rings is 1. The van der Waals surface area contributed by atoms with Crippen LogP contribution in [0.1, 0.15) is 5.56 Å². The summed E-state index contributed by atoms with van der Waals surface area (Å²) in [5.41, 5.74) is -0.802. The Balaban J connectivity index is 1.41. The highest BCUT2D eigenvalue weighted by molar-refractivity contribution is 5.80. The van der Waals surface area contributed by atoms with Crippen molar-refractivity contribution in [1.29, 1.82) is 0 Å². The molecule has 0 bridgehead atoms. The molecule has 11 heteroatoms. The summed E-state index contributed by atoms with van der Waals surface area (Å²) in [4.78, 5) is 20.7. The summed E-state index contributed by atoms with van der Waals surface area (Å²) in [7, 11) is 1.70. The summed E-state index contributed by atoms with van der Waals surface area (Å²) >= 11 is 0. The predicted octanol–water partition coefficient (Wildman–Crippen LogP) is 1.67. The minimum Gasteiger partial charge on any atom is -0.476 e. The first kappa shape index (κ1) is 20.6. The van der Waals surface area contributed by atoms with E-state index >= 15 is 0 Å². The lowest BCUT2D eigenvalue weighted by Crippen LogP contribution is -2.53. The van der Waals surface area contributed by atoms with Gasteiger partial charge in [0.15, 0.2) is 5.96 Å². The smallest absolute Gasteiger partial charge is 0.417 e. The standard InChI is InChI=1S/C18H22F3N7O/c1-22-16(27-8-10-28(11-9-27)17-23-5-2-6-24-17)25-7-12-29-15-4-3-14(13-26-15)18(19,20)21/h2-6,13H,7-12H2,1H3,(H,22,25). The first-order chi connectivity index (χ1) is 14.0. The quantitative estimate of drug-likeness (QED) is 0.457. The van der Waals surface area contributed by atoms with Gasteiger partial charge in [0, 0.05) is 57.9 Å². The summed E-state index contributed by atoms with van der Waals surface area (Å²) in [5, 5.41) is 3.19. The predicted molar refractivity (Wildman–Crippen MR) is 102 cm³/mol. The molecule has 1 aliphatic heterocycles. The summed E-state index contributed by atoms with van der Waals surface area (Å²) in [6, 6.07) is 3.95. The van der Waals surface area contributed by atoms with Crippen molar-refractivity contribution < 1.29 is 17.9 Å². The van der Waals surface area contributed by atoms with Crippen molar-refractivity contribution in [3.05, 3.63) is 42.4 Å². The molecule has 0 aliphatic carbocycles. The monoisotopic (exact) mass is 409 g/mol. The van der Waals surface area contributed by atoms with Gasteiger partial charge < -0.3 is 19.9 Å². The highest BCUT2D eigenvalue weighted by Crippen LogP contribution is 2.29. The van der Waals surface area contributed by atoms with Gasteiger partial charge in [-0.3, -0.25) is 4.99 Å². The summed E-state index contributed by atoms with van der Waals surface area (Å²) in [6.45, 7) is 3.76. The van der Waals surface area contributed by atoms with Gasteiger partial charge in [-0.25, -0.2) is 15.0 Å². The average Bonchev–Trinajstić information content (AvgIpc) is 2.74. The van der Waals surface area contributed by atoms with Crippen LogP contribution in [0.5, 0.6) is 5.88 Å². The second kappa shape index (κ2) is 9.39. The van der Waals surface area contributed by atoms with Gasteiger partial charge in [0.05, 0.1) is 12.1 Å². The van der Waals surface area contributed by atoms with Gasteiger partial charge in [-0.2, -0.15) is 13.2 Å². The number of anilines is 1. The van der Waals surface area contributed by atoms with Crippen molar-refractivity contribution in [3.8, 4) is 5.88 Å². The van der Waals surface area contributed by atoms with Gasteiger partial charge in [0.1, 0.15) is 6.61 Å². The number of nitrogens with zero attached hydrogens (tertiary/aromatic N) is 6. The van der Waals surface area contributed by atoms with Crippen molar-refractivity contribution in [1.82, 2.24) is 25.2 Å². The van der Waals surface area contributed by atoms with Crippen molar-refractivity contribution in [3.63, 3.8) is 0 Å². The van der Waals surface area contributed by atoms with E-state index in [0.717, 1.165) is 44.4 Å². The summed E-state index contributed by atoms with van der Waals surface area (Å²) < 4.78 is 43.0. The molecule has 3 heterocycles. The van der Waals surface area contributed by atoms with E-state index in [0.29, 0.717) is 12.5 Å². The number of alkyl halides is 3. The number of halogens is 3. The number of hydrogen-bond donors (Lipinski definition) is 1. The van der Waals surface area contributed by atoms with Gasteiger partial charge in [-0.1, -0.05) is 0 Å². The molecule has 2 aromatic rings. The second-order valence-corrected chi connectivity index (χ2v) is 6.23. The topological polar surface area (TPSA) is 78.8 Å². The van der Waals surface area contributed by atoms with E-state index in [1.807, 2.05) is 0 Å². The molecule has 2 aromatic heterocycles. The second-order valence-electron chi connectivity index (χ2n) is 6.23. The zero-order chi connectivity index (χ0) is 20.7. The molecular formula is C18H22F3N7O. The fourth-order valence-corrected chi connectivity index (χ4v) is 2.86. The average molecular weight is 409 g/mol. The third-order valence-electron chi connectivity index (χ3n) is 4.32. The van der Waals surface area contributed by atoms with Crippen LogP contribution in [0.25, 0.3) is 0 Å². The Bertz CT molecular complexity index is 791. The molecule has 0 atom stereocenters. The molecule has 1 saturated heterocycles. The largest absolute Gasteiger partial charge is 0.476 e. The Labute approximate surface area is 166 Å². The lowest BCUT2D eigenvalue weighted by Gasteiger charge is -2.36. The minimum atomic E-state index is -4.41. The Hall–Kier alpha value is -3.11. The van der Waals surface area contributed by atoms with E-state index in [1.54, 1.807) is 25.5 Å². The SMILES string of the molecule is CN=C(NCCOc1ccc(C(F)(F)F)cn1)N1CCN(c2ncccn2)CC1. The number of piperazine rings is 1. The number of rotatable bonds is 5. The maximum Gasteiger partial charge on any atom is 0.417 e. The molecule has 1 N–H and O–H groups in total. The molecule has 1 fully saturated rings. The van der Waals surface area contributed by atoms with E-state index in [9.17, 15) is 13.2 Å². The lowest BCUT2D eigenvalue weighted by atomic mass is 10.3. The van der Waals surface area contributed by atoms with Gasteiger partial charge in [-0.15, -0.1) is 0 Å². The maximum atomic E-state index is 12.5. The van der Waals surface area contributed by atoms with Crippen LogP contribution in [0.3, 0.4) is 0 Å². The Kier molecular flexibility index (Phi) is 6.68. The Morgan fingerprint density at radius 1 is 1.14 bits per heavy atom. The van der Waals surface area contributed by atoms with Crippen molar-refractivity contribution in [2.24, 2.45) is 4.99 Å². The number of ether oxygens (including phenoxy) is 1. The van der Waals surface area contributed by atoms with Crippen LogP contribution in [0.15, 0.2) is 41.8 Å². The van der Waals surface area contributed by atoms with Crippen molar-refractivity contribution in [2.75, 3.05) is 51.3 Å². The van der Waals surface area contributed by atoms with Gasteiger partial charge >= 0.3 is 6.18 Å². The zero-order valence-corrected chi connectivity index (χ0v) is 15.9. The van der Waals surface area contributed by atoms with Gasteiger partial charge in [0.2, 0.25) is 11.8 Å². The van der Waals surface area contributed by atoms with Crippen LogP contribution in [0, 0.1) is 0 Å². The molecule has 29 heavy (non-hydrogen) atoms. The van der Waals surface area contributed by atoms with Crippen LogP contribution >= 0.6 is 0 Å². The molecule has 0 unspecified atom stereocenters. The van der Waals surface area contributed by atoms with Crippen LogP contribution in [-0.4, -0.2) is 72.2 Å². The molecule has 0 amide bonds. The molecule has 0 radical (unpaired) electrons. The normalized spacial score (nSPS) is 15.4. The molecule has 0 spiro atoms. The van der Waals surface area contributed by atoms with E-state index in [-0.39, 0.29) is 12.5 Å². The Morgan fingerprint density at radius 3 is 2.45 bits per heavy atom. The Morgan fingerprint density at radius 2 is 1.86 bits per heavy atom. The molecule has 0 saturated carbocycles. The first-order valence-electron chi connectivity index (χ1n) is 9.11. The van der Waals surface area contributed by atoms with Crippen LogP contribution in [0.4, 0.5) is 19.1 Å². The fourth-order valence-electron chi connectivity index (χ4n) is 2.86. The highest BCUT2D eigenvalue weighted by Gasteiger charge is 2.30. The summed E-state index contributed by atoms with van der Waals surface area (Å²) in [6.07, 6.45) is -0.199. The fraction of sp³-hybridized carbons (Fsp3) is 0.444. The lowest BCUT2D eigenvalue weighted by molar-refractivity contribution is -0.137. The van der Waals surface area contributed by atoms with Crippen LogP contribution < -0.4 is 15.0 Å². The minimum absolute atomic E-state index is 0.145. The first-order valence-corrected chi connectivity index (χ1v) is 9.11. The van der Waals surface area contributed by atoms with E-state index in [2.05, 4.69) is 35.1 Å². The number of hydrogen-bond acceptors (Lipinski definition) is 6. The number of aliphatic imine (C=N–C) groups is 1. The van der Waals surface area contributed by atoms with E-state index < -0.39 is 11.7 Å².